The number of anilines is 1. The van der Waals surface area contributed by atoms with Crippen LogP contribution in [0.3, 0.4) is 0 Å². The molecule has 3 rings (SSSR count). The summed E-state index contributed by atoms with van der Waals surface area (Å²) in [5, 5.41) is 2.97. The second-order valence-corrected chi connectivity index (χ2v) is 6.77. The Balaban J connectivity index is 1.77. The number of halogens is 1. The van der Waals surface area contributed by atoms with Crippen molar-refractivity contribution in [2.45, 2.75) is 19.3 Å². The summed E-state index contributed by atoms with van der Waals surface area (Å²) in [5.74, 6) is 0.340. The number of nitrogens with zero attached hydrogens (tertiary/aromatic N) is 1. The predicted octanol–water partition coefficient (Wildman–Crippen LogP) is 3.85. The zero-order valence-electron chi connectivity index (χ0n) is 13.4. The van der Waals surface area contributed by atoms with E-state index in [0.717, 1.165) is 0 Å². The van der Waals surface area contributed by atoms with E-state index in [-0.39, 0.29) is 17.6 Å². The summed E-state index contributed by atoms with van der Waals surface area (Å²) >= 11 is 3.19. The van der Waals surface area contributed by atoms with Gasteiger partial charge < -0.3 is 14.6 Å². The zero-order valence-corrected chi connectivity index (χ0v) is 15.0. The van der Waals surface area contributed by atoms with Crippen LogP contribution in [0.2, 0.25) is 0 Å². The molecule has 0 unspecified atom stereocenters. The van der Waals surface area contributed by atoms with E-state index in [2.05, 4.69) is 21.2 Å². The van der Waals surface area contributed by atoms with Gasteiger partial charge in [-0.15, -0.1) is 0 Å². The number of para-hydroxylation sites is 1. The SMILES string of the molecule is CN(C(=O)c1ccc(Br)o1)c1ccccc1C(=O)NCC1CCC1. The van der Waals surface area contributed by atoms with Crippen molar-refractivity contribution < 1.29 is 14.0 Å². The number of hydrogen-bond acceptors (Lipinski definition) is 3. The fraction of sp³-hybridized carbons (Fsp3) is 0.333. The maximum absolute atomic E-state index is 12.5. The fourth-order valence-electron chi connectivity index (χ4n) is 2.69. The Morgan fingerprint density at radius 1 is 1.25 bits per heavy atom. The highest BCUT2D eigenvalue weighted by Gasteiger charge is 2.23. The normalized spacial score (nSPS) is 14.1. The predicted molar refractivity (Wildman–Crippen MR) is 95.3 cm³/mol. The molecule has 1 aliphatic rings. The van der Waals surface area contributed by atoms with Crippen LogP contribution in [0.25, 0.3) is 0 Å². The zero-order chi connectivity index (χ0) is 17.1. The largest absolute Gasteiger partial charge is 0.444 e. The number of carbonyl (C=O) groups excluding carboxylic acids is 2. The molecule has 2 aromatic rings. The van der Waals surface area contributed by atoms with Gasteiger partial charge >= 0.3 is 0 Å². The monoisotopic (exact) mass is 390 g/mol. The summed E-state index contributed by atoms with van der Waals surface area (Å²) in [6.45, 7) is 0.690. The van der Waals surface area contributed by atoms with E-state index < -0.39 is 0 Å². The maximum Gasteiger partial charge on any atom is 0.293 e. The molecule has 0 spiro atoms. The van der Waals surface area contributed by atoms with Crippen LogP contribution in [0, 0.1) is 5.92 Å². The molecule has 0 atom stereocenters. The molecule has 0 aliphatic heterocycles. The van der Waals surface area contributed by atoms with Gasteiger partial charge in [0.2, 0.25) is 0 Å². The maximum atomic E-state index is 12.5. The summed E-state index contributed by atoms with van der Waals surface area (Å²) in [5.41, 5.74) is 1.04. The molecule has 6 heteroatoms. The average Bonchev–Trinajstić information content (AvgIpc) is 2.98. The first-order valence-corrected chi connectivity index (χ1v) is 8.76. The van der Waals surface area contributed by atoms with Gasteiger partial charge in [-0.3, -0.25) is 9.59 Å². The molecular formula is C18H19BrN2O3. The molecule has 0 radical (unpaired) electrons. The summed E-state index contributed by atoms with van der Waals surface area (Å²) in [4.78, 5) is 26.5. The van der Waals surface area contributed by atoms with Gasteiger partial charge in [-0.25, -0.2) is 0 Å². The third-order valence-corrected chi connectivity index (χ3v) is 4.80. The minimum atomic E-state index is -0.306. The molecule has 1 heterocycles. The van der Waals surface area contributed by atoms with Gasteiger partial charge in [-0.05, 0) is 59.0 Å². The van der Waals surface area contributed by atoms with Crippen molar-refractivity contribution >= 4 is 33.4 Å². The van der Waals surface area contributed by atoms with Gasteiger partial charge in [-0.1, -0.05) is 18.6 Å². The van der Waals surface area contributed by atoms with Crippen molar-refractivity contribution in [3.63, 3.8) is 0 Å². The van der Waals surface area contributed by atoms with Crippen molar-refractivity contribution in [3.05, 3.63) is 52.4 Å². The second-order valence-electron chi connectivity index (χ2n) is 5.99. The lowest BCUT2D eigenvalue weighted by molar-refractivity contribution is 0.0939. The molecule has 24 heavy (non-hydrogen) atoms. The summed E-state index contributed by atoms with van der Waals surface area (Å²) in [6, 6.07) is 10.4. The first-order valence-electron chi connectivity index (χ1n) is 7.97. The molecule has 1 aliphatic carbocycles. The van der Waals surface area contributed by atoms with Gasteiger partial charge in [0.05, 0.1) is 11.3 Å². The lowest BCUT2D eigenvalue weighted by atomic mass is 9.85. The molecule has 1 saturated carbocycles. The van der Waals surface area contributed by atoms with Crippen LogP contribution in [0.4, 0.5) is 5.69 Å². The minimum absolute atomic E-state index is 0.155. The molecule has 0 bridgehead atoms. The summed E-state index contributed by atoms with van der Waals surface area (Å²) in [7, 11) is 1.64. The Labute approximate surface area is 149 Å². The van der Waals surface area contributed by atoms with Crippen LogP contribution in [-0.4, -0.2) is 25.4 Å². The Kier molecular flexibility index (Phi) is 5.04. The molecule has 0 saturated heterocycles. The van der Waals surface area contributed by atoms with Crippen LogP contribution >= 0.6 is 15.9 Å². The van der Waals surface area contributed by atoms with Crippen LogP contribution in [0.5, 0.6) is 0 Å². The van der Waals surface area contributed by atoms with Crippen LogP contribution in [0.15, 0.2) is 45.5 Å². The molecule has 1 N–H and O–H groups in total. The van der Waals surface area contributed by atoms with E-state index in [1.54, 1.807) is 43.4 Å². The van der Waals surface area contributed by atoms with Gasteiger partial charge in [0.15, 0.2) is 10.4 Å². The number of benzene rings is 1. The quantitative estimate of drug-likeness (QED) is 0.842. The summed E-state index contributed by atoms with van der Waals surface area (Å²) in [6.07, 6.45) is 3.59. The van der Waals surface area contributed by atoms with E-state index in [1.807, 2.05) is 0 Å². The van der Waals surface area contributed by atoms with Gasteiger partial charge in [0.1, 0.15) is 0 Å². The third-order valence-electron chi connectivity index (χ3n) is 4.37. The van der Waals surface area contributed by atoms with Gasteiger partial charge in [0.25, 0.3) is 11.8 Å². The standard InChI is InChI=1S/C18H19BrN2O3/c1-21(18(23)15-9-10-16(19)24-15)14-8-3-2-7-13(14)17(22)20-11-12-5-4-6-12/h2-3,7-10,12H,4-6,11H2,1H3,(H,20,22). The molecular weight excluding hydrogens is 372 g/mol. The van der Waals surface area contributed by atoms with Crippen LogP contribution < -0.4 is 10.2 Å². The van der Waals surface area contributed by atoms with Crippen molar-refractivity contribution in [2.75, 3.05) is 18.5 Å². The van der Waals surface area contributed by atoms with E-state index >= 15 is 0 Å². The van der Waals surface area contributed by atoms with Crippen molar-refractivity contribution in [3.8, 4) is 0 Å². The molecule has 5 nitrogen and oxygen atoms in total. The van der Waals surface area contributed by atoms with E-state index in [4.69, 9.17) is 4.42 Å². The van der Waals surface area contributed by atoms with Crippen molar-refractivity contribution in [1.82, 2.24) is 5.32 Å². The van der Waals surface area contributed by atoms with Crippen molar-refractivity contribution in [1.29, 1.82) is 0 Å². The highest BCUT2D eigenvalue weighted by molar-refractivity contribution is 9.10. The first-order chi connectivity index (χ1) is 11.6. The Bertz CT molecular complexity index is 752. The fourth-order valence-corrected chi connectivity index (χ4v) is 3.00. The van der Waals surface area contributed by atoms with E-state index in [0.29, 0.717) is 28.4 Å². The molecule has 1 fully saturated rings. The Morgan fingerprint density at radius 2 is 2.00 bits per heavy atom. The minimum Gasteiger partial charge on any atom is -0.444 e. The number of rotatable bonds is 5. The number of carbonyl (C=O) groups is 2. The van der Waals surface area contributed by atoms with E-state index in [9.17, 15) is 9.59 Å². The van der Waals surface area contributed by atoms with Gasteiger partial charge in [0, 0.05) is 13.6 Å². The lowest BCUT2D eigenvalue weighted by Gasteiger charge is -2.26. The third kappa shape index (κ3) is 3.53. The lowest BCUT2D eigenvalue weighted by Crippen LogP contribution is -2.34. The topological polar surface area (TPSA) is 62.6 Å². The second kappa shape index (κ2) is 7.21. The highest BCUT2D eigenvalue weighted by Crippen LogP contribution is 2.26. The van der Waals surface area contributed by atoms with Crippen molar-refractivity contribution in [2.24, 2.45) is 5.92 Å². The number of amides is 2. The van der Waals surface area contributed by atoms with Gasteiger partial charge in [-0.2, -0.15) is 0 Å². The summed E-state index contributed by atoms with van der Waals surface area (Å²) < 4.78 is 5.81. The number of nitrogens with one attached hydrogen (secondary N) is 1. The first kappa shape index (κ1) is 16.8. The average molecular weight is 391 g/mol. The number of hydrogen-bond donors (Lipinski definition) is 1. The molecule has 1 aromatic heterocycles. The molecule has 1 aromatic carbocycles. The Morgan fingerprint density at radius 3 is 2.62 bits per heavy atom. The molecule has 126 valence electrons. The van der Waals surface area contributed by atoms with E-state index in [1.165, 1.54) is 24.2 Å². The smallest absolute Gasteiger partial charge is 0.293 e. The molecule has 2 amide bonds. The van der Waals surface area contributed by atoms with Crippen LogP contribution in [-0.2, 0) is 0 Å². The Hall–Kier alpha value is -2.08. The number of furan rings is 1. The highest BCUT2D eigenvalue weighted by atomic mass is 79.9. The van der Waals surface area contributed by atoms with Crippen LogP contribution in [0.1, 0.15) is 40.2 Å².